The SMILES string of the molecule is CC(=O)c1c[nH]c(C(=O)OCC(=O)N2C[C@H](C)O[C@@H](C)C2)c1. The van der Waals surface area contributed by atoms with Gasteiger partial charge in [-0.05, 0) is 26.8 Å². The normalized spacial score (nSPS) is 21.5. The quantitative estimate of drug-likeness (QED) is 0.662. The van der Waals surface area contributed by atoms with Gasteiger partial charge >= 0.3 is 5.97 Å². The van der Waals surface area contributed by atoms with Crippen LogP contribution in [0.15, 0.2) is 12.3 Å². The molecule has 0 unspecified atom stereocenters. The third-order valence-electron chi connectivity index (χ3n) is 3.41. The summed E-state index contributed by atoms with van der Waals surface area (Å²) in [4.78, 5) is 39.4. The monoisotopic (exact) mass is 308 g/mol. The van der Waals surface area contributed by atoms with Crippen molar-refractivity contribution < 1.29 is 23.9 Å². The summed E-state index contributed by atoms with van der Waals surface area (Å²) in [5.74, 6) is -1.06. The number of aromatic amines is 1. The highest BCUT2D eigenvalue weighted by atomic mass is 16.5. The van der Waals surface area contributed by atoms with Crippen molar-refractivity contribution in [2.24, 2.45) is 0 Å². The Labute approximate surface area is 128 Å². The maximum absolute atomic E-state index is 12.1. The molecule has 0 aromatic carbocycles. The number of carbonyl (C=O) groups excluding carboxylic acids is 3. The number of hydrogen-bond acceptors (Lipinski definition) is 5. The molecule has 0 bridgehead atoms. The second-order valence-electron chi connectivity index (χ2n) is 5.49. The van der Waals surface area contributed by atoms with Gasteiger partial charge in [0.1, 0.15) is 5.69 Å². The predicted molar refractivity (Wildman–Crippen MR) is 77.7 cm³/mol. The molecule has 1 amide bonds. The molecule has 0 radical (unpaired) electrons. The molecule has 0 spiro atoms. The molecule has 7 heteroatoms. The van der Waals surface area contributed by atoms with E-state index in [-0.39, 0.29) is 36.2 Å². The van der Waals surface area contributed by atoms with E-state index >= 15 is 0 Å². The molecular weight excluding hydrogens is 288 g/mol. The number of esters is 1. The van der Waals surface area contributed by atoms with Crippen molar-refractivity contribution in [2.45, 2.75) is 33.0 Å². The fraction of sp³-hybridized carbons (Fsp3) is 0.533. The zero-order valence-electron chi connectivity index (χ0n) is 12.9. The molecular formula is C15H20N2O5. The van der Waals surface area contributed by atoms with Gasteiger partial charge in [0.05, 0.1) is 12.2 Å². The first kappa shape index (κ1) is 16.2. The van der Waals surface area contributed by atoms with Gasteiger partial charge in [-0.1, -0.05) is 0 Å². The van der Waals surface area contributed by atoms with E-state index < -0.39 is 5.97 Å². The third kappa shape index (κ3) is 3.94. The summed E-state index contributed by atoms with van der Waals surface area (Å²) in [6.45, 7) is 5.83. The lowest BCUT2D eigenvalue weighted by atomic mass is 10.2. The van der Waals surface area contributed by atoms with Crippen LogP contribution in [0.5, 0.6) is 0 Å². The first-order valence-electron chi connectivity index (χ1n) is 7.16. The lowest BCUT2D eigenvalue weighted by Gasteiger charge is -2.35. The molecule has 2 atom stereocenters. The van der Waals surface area contributed by atoms with E-state index in [0.717, 1.165) is 0 Å². The maximum Gasteiger partial charge on any atom is 0.355 e. The Bertz CT molecular complexity index is 570. The highest BCUT2D eigenvalue weighted by Crippen LogP contribution is 2.11. The van der Waals surface area contributed by atoms with Crippen LogP contribution in [0.2, 0.25) is 0 Å². The standard InChI is InChI=1S/C15H20N2O5/c1-9-6-17(7-10(2)22-9)14(19)8-21-15(20)13-4-12(5-16-13)11(3)18/h4-5,9-10,16H,6-8H2,1-3H3/t9-,10-/m0/s1. The molecule has 0 aliphatic carbocycles. The molecule has 1 aromatic heterocycles. The van der Waals surface area contributed by atoms with Gasteiger partial charge in [-0.15, -0.1) is 0 Å². The number of carbonyl (C=O) groups is 3. The van der Waals surface area contributed by atoms with Gasteiger partial charge in [0, 0.05) is 24.8 Å². The molecule has 1 aliphatic heterocycles. The number of ketones is 1. The first-order valence-corrected chi connectivity index (χ1v) is 7.16. The minimum Gasteiger partial charge on any atom is -0.451 e. The van der Waals surface area contributed by atoms with Crippen molar-refractivity contribution in [3.05, 3.63) is 23.5 Å². The minimum absolute atomic E-state index is 0.0371. The van der Waals surface area contributed by atoms with Crippen molar-refractivity contribution in [3.63, 3.8) is 0 Å². The van der Waals surface area contributed by atoms with Gasteiger partial charge < -0.3 is 19.4 Å². The Morgan fingerprint density at radius 1 is 1.32 bits per heavy atom. The Morgan fingerprint density at radius 3 is 2.50 bits per heavy atom. The van der Waals surface area contributed by atoms with Crippen LogP contribution in [0.25, 0.3) is 0 Å². The number of nitrogens with one attached hydrogen (secondary N) is 1. The third-order valence-corrected chi connectivity index (χ3v) is 3.41. The maximum atomic E-state index is 12.1. The molecule has 1 aromatic rings. The summed E-state index contributed by atoms with van der Waals surface area (Å²) in [6, 6.07) is 1.41. The van der Waals surface area contributed by atoms with Crippen molar-refractivity contribution in [2.75, 3.05) is 19.7 Å². The molecule has 1 aliphatic rings. The number of aromatic nitrogens is 1. The number of ether oxygens (including phenoxy) is 2. The second kappa shape index (κ2) is 6.74. The summed E-state index contributed by atoms with van der Waals surface area (Å²) < 4.78 is 10.5. The number of nitrogens with zero attached hydrogens (tertiary/aromatic N) is 1. The van der Waals surface area contributed by atoms with Gasteiger partial charge in [0.25, 0.3) is 5.91 Å². The minimum atomic E-state index is -0.657. The molecule has 7 nitrogen and oxygen atoms in total. The summed E-state index contributed by atoms with van der Waals surface area (Å²) in [5, 5.41) is 0. The molecule has 120 valence electrons. The number of hydrogen-bond donors (Lipinski definition) is 1. The van der Waals surface area contributed by atoms with E-state index in [1.165, 1.54) is 19.2 Å². The van der Waals surface area contributed by atoms with Crippen LogP contribution in [0.1, 0.15) is 41.6 Å². The number of rotatable bonds is 4. The number of amides is 1. The molecule has 1 fully saturated rings. The molecule has 1 saturated heterocycles. The van der Waals surface area contributed by atoms with Crippen LogP contribution < -0.4 is 0 Å². The zero-order valence-corrected chi connectivity index (χ0v) is 12.9. The molecule has 1 N–H and O–H groups in total. The number of Topliss-reactive ketones (excluding diaryl/α,β-unsaturated/α-hetero) is 1. The van der Waals surface area contributed by atoms with E-state index in [2.05, 4.69) is 4.98 Å². The Morgan fingerprint density at radius 2 is 1.95 bits per heavy atom. The molecule has 2 heterocycles. The highest BCUT2D eigenvalue weighted by Gasteiger charge is 2.26. The smallest absolute Gasteiger partial charge is 0.355 e. The van der Waals surface area contributed by atoms with Crippen molar-refractivity contribution in [3.8, 4) is 0 Å². The zero-order chi connectivity index (χ0) is 16.3. The van der Waals surface area contributed by atoms with Gasteiger partial charge in [-0.2, -0.15) is 0 Å². The Balaban J connectivity index is 1.87. The fourth-order valence-corrected chi connectivity index (χ4v) is 2.39. The van der Waals surface area contributed by atoms with Gasteiger partial charge in [0.2, 0.25) is 0 Å². The Kier molecular flexibility index (Phi) is 4.97. The van der Waals surface area contributed by atoms with Gasteiger partial charge in [-0.3, -0.25) is 9.59 Å². The number of H-pyrrole nitrogens is 1. The second-order valence-corrected chi connectivity index (χ2v) is 5.49. The van der Waals surface area contributed by atoms with E-state index in [9.17, 15) is 14.4 Å². The van der Waals surface area contributed by atoms with Crippen LogP contribution in [0.3, 0.4) is 0 Å². The highest BCUT2D eigenvalue weighted by molar-refractivity contribution is 5.97. The van der Waals surface area contributed by atoms with E-state index in [1.54, 1.807) is 4.90 Å². The average Bonchev–Trinajstić information content (AvgIpc) is 2.93. The van der Waals surface area contributed by atoms with Crippen LogP contribution in [-0.4, -0.2) is 59.4 Å². The molecule has 2 rings (SSSR count). The van der Waals surface area contributed by atoms with E-state index in [0.29, 0.717) is 18.7 Å². The van der Waals surface area contributed by atoms with Crippen LogP contribution in [-0.2, 0) is 14.3 Å². The predicted octanol–water partition coefficient (Wildman–Crippen LogP) is 1.01. The summed E-state index contributed by atoms with van der Waals surface area (Å²) in [6.07, 6.45) is 1.36. The fourth-order valence-electron chi connectivity index (χ4n) is 2.39. The average molecular weight is 308 g/mol. The lowest BCUT2D eigenvalue weighted by Crippen LogP contribution is -2.49. The van der Waals surface area contributed by atoms with E-state index in [1.807, 2.05) is 13.8 Å². The largest absolute Gasteiger partial charge is 0.451 e. The van der Waals surface area contributed by atoms with Crippen molar-refractivity contribution in [1.82, 2.24) is 9.88 Å². The summed E-state index contributed by atoms with van der Waals surface area (Å²) in [5.41, 5.74) is 0.552. The summed E-state index contributed by atoms with van der Waals surface area (Å²) >= 11 is 0. The van der Waals surface area contributed by atoms with E-state index in [4.69, 9.17) is 9.47 Å². The topological polar surface area (TPSA) is 88.7 Å². The number of morpholine rings is 1. The van der Waals surface area contributed by atoms with Crippen LogP contribution in [0.4, 0.5) is 0 Å². The summed E-state index contributed by atoms with van der Waals surface area (Å²) in [7, 11) is 0. The molecule has 22 heavy (non-hydrogen) atoms. The van der Waals surface area contributed by atoms with Crippen molar-refractivity contribution in [1.29, 1.82) is 0 Å². The van der Waals surface area contributed by atoms with Crippen molar-refractivity contribution >= 4 is 17.7 Å². The molecule has 0 saturated carbocycles. The lowest BCUT2D eigenvalue weighted by molar-refractivity contribution is -0.146. The van der Waals surface area contributed by atoms with Crippen LogP contribution >= 0.6 is 0 Å². The first-order chi connectivity index (χ1) is 10.4. The van der Waals surface area contributed by atoms with Gasteiger partial charge in [0.15, 0.2) is 12.4 Å². The Hall–Kier alpha value is -2.15. The van der Waals surface area contributed by atoms with Crippen LogP contribution in [0, 0.1) is 0 Å². The van der Waals surface area contributed by atoms with Gasteiger partial charge in [-0.25, -0.2) is 4.79 Å².